The van der Waals surface area contributed by atoms with E-state index < -0.39 is 6.10 Å². The van der Waals surface area contributed by atoms with Gasteiger partial charge in [0.25, 0.3) is 0 Å². The highest BCUT2D eigenvalue weighted by molar-refractivity contribution is 5.35. The van der Waals surface area contributed by atoms with Gasteiger partial charge in [0.1, 0.15) is 11.9 Å². The quantitative estimate of drug-likeness (QED) is 0.699. The second-order valence-corrected chi connectivity index (χ2v) is 4.48. The number of hydrogen-bond acceptors (Lipinski definition) is 4. The molecule has 0 aliphatic carbocycles. The van der Waals surface area contributed by atoms with Crippen LogP contribution in [0.4, 0.5) is 0 Å². The van der Waals surface area contributed by atoms with Crippen molar-refractivity contribution in [2.75, 3.05) is 26.4 Å². The van der Waals surface area contributed by atoms with Crippen LogP contribution in [0.1, 0.15) is 32.4 Å². The van der Waals surface area contributed by atoms with Crippen molar-refractivity contribution in [3.63, 3.8) is 0 Å². The van der Waals surface area contributed by atoms with Gasteiger partial charge < -0.3 is 19.3 Å². The molecule has 1 atom stereocenters. The van der Waals surface area contributed by atoms with E-state index in [1.54, 1.807) is 0 Å². The normalized spacial score (nSPS) is 12.7. The zero-order valence-corrected chi connectivity index (χ0v) is 12.0. The van der Waals surface area contributed by atoms with Gasteiger partial charge in [0.2, 0.25) is 0 Å². The van der Waals surface area contributed by atoms with E-state index in [4.69, 9.17) is 14.2 Å². The van der Waals surface area contributed by atoms with Crippen LogP contribution in [-0.4, -0.2) is 37.6 Å². The Bertz CT molecular complexity index is 352. The van der Waals surface area contributed by atoms with Gasteiger partial charge in [-0.3, -0.25) is 0 Å². The monoisotopic (exact) mass is 268 g/mol. The molecule has 0 aromatic heterocycles. The second kappa shape index (κ2) is 8.91. The van der Waals surface area contributed by atoms with E-state index >= 15 is 0 Å². The minimum Gasteiger partial charge on any atom is -0.493 e. The van der Waals surface area contributed by atoms with Gasteiger partial charge in [-0.25, -0.2) is 0 Å². The number of hydrogen-bond donors (Lipinski definition) is 1. The Morgan fingerprint density at radius 3 is 2.58 bits per heavy atom. The van der Waals surface area contributed by atoms with E-state index in [2.05, 4.69) is 0 Å². The van der Waals surface area contributed by atoms with E-state index in [1.807, 2.05) is 45.0 Å². The van der Waals surface area contributed by atoms with Gasteiger partial charge >= 0.3 is 0 Å². The zero-order chi connectivity index (χ0) is 14.1. The number of para-hydroxylation sites is 1. The van der Waals surface area contributed by atoms with Crippen molar-refractivity contribution in [1.82, 2.24) is 0 Å². The third-order valence-electron chi connectivity index (χ3n) is 2.53. The van der Waals surface area contributed by atoms with Crippen LogP contribution in [0.2, 0.25) is 0 Å². The largest absolute Gasteiger partial charge is 0.493 e. The van der Waals surface area contributed by atoms with Gasteiger partial charge in [0, 0.05) is 5.56 Å². The fraction of sp³-hybridized carbons (Fsp3) is 0.600. The van der Waals surface area contributed by atoms with Crippen LogP contribution in [0.25, 0.3) is 0 Å². The molecule has 1 aromatic rings. The molecule has 0 fully saturated rings. The lowest BCUT2D eigenvalue weighted by Gasteiger charge is -2.16. The summed E-state index contributed by atoms with van der Waals surface area (Å²) >= 11 is 0. The van der Waals surface area contributed by atoms with Crippen LogP contribution in [-0.2, 0) is 9.47 Å². The smallest absolute Gasteiger partial charge is 0.125 e. The van der Waals surface area contributed by atoms with Gasteiger partial charge in [0.15, 0.2) is 0 Å². The molecule has 108 valence electrons. The van der Waals surface area contributed by atoms with Gasteiger partial charge in [-0.2, -0.15) is 0 Å². The predicted octanol–water partition coefficient (Wildman–Crippen LogP) is 2.56. The van der Waals surface area contributed by atoms with Gasteiger partial charge in [-0.15, -0.1) is 0 Å². The van der Waals surface area contributed by atoms with Crippen molar-refractivity contribution >= 4 is 0 Å². The first kappa shape index (κ1) is 16.0. The van der Waals surface area contributed by atoms with Crippen molar-refractivity contribution in [2.45, 2.75) is 33.0 Å². The Labute approximate surface area is 115 Å². The van der Waals surface area contributed by atoms with E-state index in [-0.39, 0.29) is 12.7 Å². The molecule has 0 saturated heterocycles. The molecule has 1 rings (SSSR count). The maximum Gasteiger partial charge on any atom is 0.125 e. The van der Waals surface area contributed by atoms with Crippen LogP contribution in [0.5, 0.6) is 5.75 Å². The molecule has 4 heteroatoms. The summed E-state index contributed by atoms with van der Waals surface area (Å²) in [5.74, 6) is 0.708. The van der Waals surface area contributed by atoms with Gasteiger partial charge in [-0.05, 0) is 26.8 Å². The van der Waals surface area contributed by atoms with Crippen molar-refractivity contribution in [3.05, 3.63) is 29.8 Å². The summed E-state index contributed by atoms with van der Waals surface area (Å²) in [5, 5.41) is 10.1. The molecule has 0 aliphatic heterocycles. The Morgan fingerprint density at radius 1 is 1.16 bits per heavy atom. The molecule has 19 heavy (non-hydrogen) atoms. The minimum atomic E-state index is -0.679. The molecule has 0 bridgehead atoms. The summed E-state index contributed by atoms with van der Waals surface area (Å²) < 4.78 is 16.2. The van der Waals surface area contributed by atoms with Crippen LogP contribution in [0.15, 0.2) is 24.3 Å². The topological polar surface area (TPSA) is 47.9 Å². The molecule has 0 heterocycles. The Hall–Kier alpha value is -1.10. The standard InChI is InChI=1S/C15H24O4/c1-4-18-15-8-6-5-7-13(15)14(16)11-17-9-10-19-12(2)3/h5-8,12,14,16H,4,9-11H2,1-3H3. The maximum atomic E-state index is 10.1. The molecule has 1 unspecified atom stereocenters. The Kier molecular flexibility index (Phi) is 7.48. The van der Waals surface area contributed by atoms with E-state index in [0.29, 0.717) is 25.6 Å². The SMILES string of the molecule is CCOc1ccccc1C(O)COCCOC(C)C. The first-order valence-electron chi connectivity index (χ1n) is 6.74. The second-order valence-electron chi connectivity index (χ2n) is 4.48. The highest BCUT2D eigenvalue weighted by atomic mass is 16.5. The average molecular weight is 268 g/mol. The maximum absolute atomic E-state index is 10.1. The summed E-state index contributed by atoms with van der Waals surface area (Å²) in [5.41, 5.74) is 0.758. The van der Waals surface area contributed by atoms with Crippen molar-refractivity contribution in [3.8, 4) is 5.75 Å². The van der Waals surface area contributed by atoms with Crippen molar-refractivity contribution < 1.29 is 19.3 Å². The Morgan fingerprint density at radius 2 is 1.89 bits per heavy atom. The van der Waals surface area contributed by atoms with Crippen molar-refractivity contribution in [2.24, 2.45) is 0 Å². The average Bonchev–Trinajstić information content (AvgIpc) is 2.39. The molecule has 4 nitrogen and oxygen atoms in total. The Balaban J connectivity index is 2.38. The molecule has 1 aromatic carbocycles. The molecule has 0 spiro atoms. The fourth-order valence-electron chi connectivity index (χ4n) is 1.67. The summed E-state index contributed by atoms with van der Waals surface area (Å²) in [4.78, 5) is 0. The van der Waals surface area contributed by atoms with Crippen LogP contribution < -0.4 is 4.74 Å². The lowest BCUT2D eigenvalue weighted by molar-refractivity contribution is -0.0116. The molecule has 1 N–H and O–H groups in total. The summed E-state index contributed by atoms with van der Waals surface area (Å²) in [6.07, 6.45) is -0.478. The zero-order valence-electron chi connectivity index (χ0n) is 12.0. The van der Waals surface area contributed by atoms with Crippen molar-refractivity contribution in [1.29, 1.82) is 0 Å². The molecule has 0 radical (unpaired) electrons. The summed E-state index contributed by atoms with van der Waals surface area (Å²) in [6, 6.07) is 7.47. The molecule has 0 aliphatic rings. The van der Waals surface area contributed by atoms with Gasteiger partial charge in [0.05, 0.1) is 32.5 Å². The van der Waals surface area contributed by atoms with E-state index in [0.717, 1.165) is 5.56 Å². The molecular formula is C15H24O4. The molecule has 0 saturated carbocycles. The third-order valence-corrected chi connectivity index (χ3v) is 2.53. The van der Waals surface area contributed by atoms with Crippen LogP contribution in [0.3, 0.4) is 0 Å². The van der Waals surface area contributed by atoms with Gasteiger partial charge in [-0.1, -0.05) is 18.2 Å². The minimum absolute atomic E-state index is 0.201. The summed E-state index contributed by atoms with van der Waals surface area (Å²) in [6.45, 7) is 7.71. The number of aliphatic hydroxyl groups excluding tert-OH is 1. The number of ether oxygens (including phenoxy) is 3. The van der Waals surface area contributed by atoms with E-state index in [9.17, 15) is 5.11 Å². The lowest BCUT2D eigenvalue weighted by atomic mass is 10.1. The number of aliphatic hydroxyl groups is 1. The summed E-state index contributed by atoms with van der Waals surface area (Å²) in [7, 11) is 0. The first-order chi connectivity index (χ1) is 9.15. The third kappa shape index (κ3) is 6.05. The number of rotatable bonds is 9. The predicted molar refractivity (Wildman–Crippen MR) is 74.5 cm³/mol. The van der Waals surface area contributed by atoms with Crippen LogP contribution >= 0.6 is 0 Å². The molecular weight excluding hydrogens is 244 g/mol. The first-order valence-corrected chi connectivity index (χ1v) is 6.74. The van der Waals surface area contributed by atoms with E-state index in [1.165, 1.54) is 0 Å². The highest BCUT2D eigenvalue weighted by Gasteiger charge is 2.13. The molecule has 0 amide bonds. The van der Waals surface area contributed by atoms with Crippen LogP contribution in [0, 0.1) is 0 Å². The highest BCUT2D eigenvalue weighted by Crippen LogP contribution is 2.25. The fourth-order valence-corrected chi connectivity index (χ4v) is 1.67. The lowest BCUT2D eigenvalue weighted by Crippen LogP contribution is -2.14. The number of benzene rings is 1.